The monoisotopic (exact) mass is 455 g/mol. The fraction of sp³-hybridized carbons (Fsp3) is 0. The van der Waals surface area contributed by atoms with Crippen LogP contribution >= 0.6 is 0 Å². The number of allylic oxidation sites excluding steroid dienone is 1. The van der Waals surface area contributed by atoms with E-state index in [1.165, 1.54) is 30.3 Å². The zero-order valence-electron chi connectivity index (χ0n) is 16.7. The number of sulfone groups is 1. The zero-order chi connectivity index (χ0) is 23.3. The van der Waals surface area contributed by atoms with Crippen molar-refractivity contribution >= 4 is 37.9 Å². The maximum Gasteiger partial charge on any atom is 0.259 e. The molecule has 4 aromatic rings. The quantitative estimate of drug-likeness (QED) is 0.307. The van der Waals surface area contributed by atoms with Crippen molar-refractivity contribution in [2.24, 2.45) is 0 Å². The Hall–Kier alpha value is -4.55. The number of nitriles is 1. The number of aliphatic hydroxyl groups is 1. The van der Waals surface area contributed by atoms with Crippen molar-refractivity contribution in [1.29, 1.82) is 5.26 Å². The van der Waals surface area contributed by atoms with E-state index in [9.17, 15) is 28.4 Å². The van der Waals surface area contributed by atoms with Gasteiger partial charge in [-0.05, 0) is 36.4 Å². The predicted molar refractivity (Wildman–Crippen MR) is 119 cm³/mol. The molecule has 2 N–H and O–H groups in total. The maximum absolute atomic E-state index is 13.1. The van der Waals surface area contributed by atoms with E-state index < -0.39 is 26.9 Å². The van der Waals surface area contributed by atoms with Crippen molar-refractivity contribution < 1.29 is 18.3 Å². The summed E-state index contributed by atoms with van der Waals surface area (Å²) in [7, 11) is -4.03. The highest BCUT2D eigenvalue weighted by atomic mass is 32.2. The Balaban J connectivity index is 1.71. The third-order valence-electron chi connectivity index (χ3n) is 5.41. The summed E-state index contributed by atoms with van der Waals surface area (Å²) in [4.78, 5) is 31.5. The molecule has 0 fully saturated rings. The van der Waals surface area contributed by atoms with Gasteiger partial charge in [-0.2, -0.15) is 5.26 Å². The number of aromatic amines is 1. The Kier molecular flexibility index (Phi) is 4.48. The minimum Gasteiger partial charge on any atom is -0.506 e. The molecule has 0 radical (unpaired) electrons. The Labute approximate surface area is 187 Å². The fourth-order valence-electron chi connectivity index (χ4n) is 3.80. The molecule has 0 amide bonds. The summed E-state index contributed by atoms with van der Waals surface area (Å²) in [6.45, 7) is 0. The summed E-state index contributed by atoms with van der Waals surface area (Å²) in [5.74, 6) is -1.20. The zero-order valence-corrected chi connectivity index (χ0v) is 17.6. The van der Waals surface area contributed by atoms with Crippen LogP contribution in [0, 0.1) is 11.3 Å². The van der Waals surface area contributed by atoms with Crippen LogP contribution in [0.1, 0.15) is 27.3 Å². The van der Waals surface area contributed by atoms with Crippen LogP contribution < -0.4 is 5.56 Å². The number of hydrogen-bond donors (Lipinski definition) is 2. The summed E-state index contributed by atoms with van der Waals surface area (Å²) in [6.07, 6.45) is 0. The summed E-state index contributed by atoms with van der Waals surface area (Å²) in [5, 5.41) is 20.8. The van der Waals surface area contributed by atoms with Gasteiger partial charge >= 0.3 is 0 Å². The van der Waals surface area contributed by atoms with E-state index in [1.807, 2.05) is 6.07 Å². The van der Waals surface area contributed by atoms with Gasteiger partial charge in [-0.1, -0.05) is 30.3 Å². The molecule has 0 saturated heterocycles. The minimum atomic E-state index is -4.03. The highest BCUT2D eigenvalue weighted by Crippen LogP contribution is 2.36. The van der Waals surface area contributed by atoms with E-state index in [0.29, 0.717) is 10.9 Å². The van der Waals surface area contributed by atoms with Gasteiger partial charge in [0.1, 0.15) is 17.4 Å². The van der Waals surface area contributed by atoms with Gasteiger partial charge in [0.15, 0.2) is 11.6 Å². The van der Waals surface area contributed by atoms with Gasteiger partial charge in [0.25, 0.3) is 5.56 Å². The third-order valence-corrected chi connectivity index (χ3v) is 7.26. The lowest BCUT2D eigenvalue weighted by Gasteiger charge is -2.19. The summed E-state index contributed by atoms with van der Waals surface area (Å²) < 4.78 is 26.3. The first-order chi connectivity index (χ1) is 15.8. The lowest BCUT2D eigenvalue weighted by atomic mass is 9.99. The largest absolute Gasteiger partial charge is 0.506 e. The summed E-state index contributed by atoms with van der Waals surface area (Å²) in [5.41, 5.74) is -0.484. The van der Waals surface area contributed by atoms with E-state index >= 15 is 0 Å². The van der Waals surface area contributed by atoms with Gasteiger partial charge in [-0.3, -0.25) is 9.59 Å². The van der Waals surface area contributed by atoms with Crippen LogP contribution in [0.25, 0.3) is 22.2 Å². The van der Waals surface area contributed by atoms with Gasteiger partial charge in [0, 0.05) is 16.7 Å². The first kappa shape index (κ1) is 20.4. The fourth-order valence-corrected chi connectivity index (χ4v) is 5.48. The number of ketones is 1. The Morgan fingerprint density at radius 3 is 2.42 bits per heavy atom. The first-order valence-electron chi connectivity index (χ1n) is 9.69. The average molecular weight is 455 g/mol. The maximum atomic E-state index is 13.1. The molecule has 0 unspecified atom stereocenters. The number of hydrogen-bond acceptors (Lipinski definition) is 7. The van der Waals surface area contributed by atoms with Gasteiger partial charge in [0.05, 0.1) is 20.7 Å². The first-order valence-corrected chi connectivity index (χ1v) is 11.2. The van der Waals surface area contributed by atoms with Gasteiger partial charge in [0.2, 0.25) is 9.84 Å². The second-order valence-electron chi connectivity index (χ2n) is 7.31. The van der Waals surface area contributed by atoms with Crippen LogP contribution in [0.5, 0.6) is 0 Å². The molecular weight excluding hydrogens is 442 g/mol. The van der Waals surface area contributed by atoms with Crippen molar-refractivity contribution in [3.8, 4) is 6.07 Å². The molecule has 2 heterocycles. The molecule has 1 aliphatic rings. The predicted octanol–water partition coefficient (Wildman–Crippen LogP) is 3.25. The third kappa shape index (κ3) is 3.04. The number of carbonyl (C=O) groups excluding carboxylic acids is 1. The molecule has 1 aliphatic heterocycles. The van der Waals surface area contributed by atoms with Crippen LogP contribution in [-0.4, -0.2) is 29.3 Å². The van der Waals surface area contributed by atoms with Gasteiger partial charge < -0.3 is 10.1 Å². The topological polar surface area (TPSA) is 141 Å². The molecule has 33 heavy (non-hydrogen) atoms. The second kappa shape index (κ2) is 7.25. The molecule has 3 aromatic carbocycles. The molecule has 8 nitrogen and oxygen atoms in total. The van der Waals surface area contributed by atoms with Crippen molar-refractivity contribution in [2.45, 2.75) is 9.79 Å². The van der Waals surface area contributed by atoms with Crippen LogP contribution in [0.3, 0.4) is 0 Å². The number of rotatable bonds is 2. The summed E-state index contributed by atoms with van der Waals surface area (Å²) >= 11 is 0. The lowest BCUT2D eigenvalue weighted by Crippen LogP contribution is -2.20. The molecule has 160 valence electrons. The molecule has 0 atom stereocenters. The summed E-state index contributed by atoms with van der Waals surface area (Å²) in [6, 6.07) is 18.0. The van der Waals surface area contributed by atoms with E-state index in [0.717, 1.165) is 6.07 Å². The number of carbonyl (C=O) groups is 1. The molecule has 9 heteroatoms. The van der Waals surface area contributed by atoms with Crippen LogP contribution in [0.4, 0.5) is 0 Å². The molecule has 0 saturated carbocycles. The normalized spacial score (nSPS) is 14.7. The number of para-hydroxylation sites is 1. The Morgan fingerprint density at radius 1 is 0.939 bits per heavy atom. The number of aliphatic hydroxyl groups excluding tert-OH is 1. The highest BCUT2D eigenvalue weighted by Gasteiger charge is 2.35. The lowest BCUT2D eigenvalue weighted by molar-refractivity contribution is 0.103. The van der Waals surface area contributed by atoms with E-state index in [4.69, 9.17) is 0 Å². The SMILES string of the molecule is N#C/C(=C(/O)c1ccc2c(c1)S(=O)(=O)c1ccccc1C2=O)c1nc2ccccc2c(=O)[nH]1. The minimum absolute atomic E-state index is 0.0168. The number of aromatic nitrogens is 2. The number of H-pyrrole nitrogens is 1. The molecule has 0 aliphatic carbocycles. The second-order valence-corrected chi connectivity index (χ2v) is 9.19. The molecule has 5 rings (SSSR count). The van der Waals surface area contributed by atoms with E-state index in [1.54, 1.807) is 30.3 Å². The van der Waals surface area contributed by atoms with Crippen molar-refractivity contribution in [3.05, 3.63) is 99.6 Å². The number of nitrogens with zero attached hydrogens (tertiary/aromatic N) is 2. The molecule has 0 bridgehead atoms. The Morgan fingerprint density at radius 2 is 1.64 bits per heavy atom. The average Bonchev–Trinajstić information content (AvgIpc) is 2.83. The van der Waals surface area contributed by atoms with Gasteiger partial charge in [-0.15, -0.1) is 0 Å². The van der Waals surface area contributed by atoms with E-state index in [-0.39, 0.29) is 37.9 Å². The molecule has 0 spiro atoms. The van der Waals surface area contributed by atoms with Crippen LogP contribution in [-0.2, 0) is 9.84 Å². The highest BCUT2D eigenvalue weighted by molar-refractivity contribution is 7.91. The van der Waals surface area contributed by atoms with Crippen molar-refractivity contribution in [1.82, 2.24) is 9.97 Å². The van der Waals surface area contributed by atoms with Crippen molar-refractivity contribution in [3.63, 3.8) is 0 Å². The molecular formula is C24H13N3O5S. The van der Waals surface area contributed by atoms with Crippen molar-refractivity contribution in [2.75, 3.05) is 0 Å². The van der Waals surface area contributed by atoms with Gasteiger partial charge in [-0.25, -0.2) is 13.4 Å². The molecule has 1 aromatic heterocycles. The van der Waals surface area contributed by atoms with E-state index in [2.05, 4.69) is 9.97 Å². The smallest absolute Gasteiger partial charge is 0.259 e. The Bertz CT molecular complexity index is 1740. The van der Waals surface area contributed by atoms with Crippen LogP contribution in [0.2, 0.25) is 0 Å². The standard InChI is InChI=1S/C24H13N3O5S/c25-12-17(23-26-18-7-3-1-5-14(18)24(30)27-23)21(28)13-9-10-16-20(11-13)33(31,32)19-8-4-2-6-15(19)22(16)29/h1-11,28H,(H,26,27,30)/b21-17-. The number of nitrogens with one attached hydrogen (secondary N) is 1. The number of fused-ring (bicyclic) bond motifs is 3. The number of benzene rings is 3. The van der Waals surface area contributed by atoms with Crippen LogP contribution in [0.15, 0.2) is 81.3 Å².